The first-order chi connectivity index (χ1) is 10.8. The third-order valence-electron chi connectivity index (χ3n) is 3.27. The molecule has 4 amide bonds. The molecule has 0 aromatic heterocycles. The second-order valence-corrected chi connectivity index (χ2v) is 5.78. The summed E-state index contributed by atoms with van der Waals surface area (Å²) in [7, 11) is 0. The summed E-state index contributed by atoms with van der Waals surface area (Å²) in [4.78, 5) is 35.1. The van der Waals surface area contributed by atoms with Gasteiger partial charge in [0.2, 0.25) is 0 Å². The van der Waals surface area contributed by atoms with Crippen molar-refractivity contribution in [3.05, 3.63) is 33.8 Å². The summed E-state index contributed by atoms with van der Waals surface area (Å²) in [6.45, 7) is 3.63. The molecule has 0 heterocycles. The lowest BCUT2D eigenvalue weighted by Crippen LogP contribution is -2.55. The van der Waals surface area contributed by atoms with Crippen LogP contribution in [0.4, 0.5) is 4.79 Å². The third kappa shape index (κ3) is 5.61. The van der Waals surface area contributed by atoms with Crippen LogP contribution >= 0.6 is 23.2 Å². The zero-order valence-electron chi connectivity index (χ0n) is 12.7. The Morgan fingerprint density at radius 1 is 1.22 bits per heavy atom. The first-order valence-electron chi connectivity index (χ1n) is 6.87. The molecule has 5 N–H and O–H groups in total. The lowest BCUT2D eigenvalue weighted by Gasteiger charge is -2.22. The topological polar surface area (TPSA) is 113 Å². The van der Waals surface area contributed by atoms with E-state index in [1.807, 2.05) is 6.92 Å². The summed E-state index contributed by atoms with van der Waals surface area (Å²) < 4.78 is 0. The van der Waals surface area contributed by atoms with Gasteiger partial charge in [-0.1, -0.05) is 43.5 Å². The predicted octanol–water partition coefficient (Wildman–Crippen LogP) is 1.84. The van der Waals surface area contributed by atoms with Gasteiger partial charge in [-0.15, -0.1) is 0 Å². The maximum atomic E-state index is 12.1. The van der Waals surface area contributed by atoms with Crippen LogP contribution in [0.15, 0.2) is 18.2 Å². The Bertz CT molecular complexity index is 610. The minimum Gasteiger partial charge on any atom is -0.352 e. The fourth-order valence-electron chi connectivity index (χ4n) is 1.79. The van der Waals surface area contributed by atoms with E-state index in [1.54, 1.807) is 6.92 Å². The van der Waals surface area contributed by atoms with Crippen LogP contribution in [0.3, 0.4) is 0 Å². The molecule has 9 heteroatoms. The minimum atomic E-state index is -0.868. The van der Waals surface area contributed by atoms with E-state index in [-0.39, 0.29) is 16.5 Å². The van der Waals surface area contributed by atoms with Gasteiger partial charge in [0.15, 0.2) is 0 Å². The highest BCUT2D eigenvalue weighted by molar-refractivity contribution is 6.35. The number of primary amides is 1. The summed E-state index contributed by atoms with van der Waals surface area (Å²) in [5.41, 5.74) is 9.63. The Hall–Kier alpha value is -1.99. The molecule has 1 rings (SSSR count). The number of hydrogen-bond acceptors (Lipinski definition) is 3. The van der Waals surface area contributed by atoms with Crippen LogP contribution in [0.2, 0.25) is 10.0 Å². The van der Waals surface area contributed by atoms with E-state index in [9.17, 15) is 14.4 Å². The Morgan fingerprint density at radius 2 is 1.87 bits per heavy atom. The monoisotopic (exact) mass is 360 g/mol. The van der Waals surface area contributed by atoms with Gasteiger partial charge in [-0.2, -0.15) is 0 Å². The van der Waals surface area contributed by atoms with Gasteiger partial charge in [0.05, 0.1) is 10.6 Å². The largest absolute Gasteiger partial charge is 0.352 e. The molecular weight excluding hydrogens is 343 g/mol. The second-order valence-electron chi connectivity index (χ2n) is 4.94. The smallest absolute Gasteiger partial charge is 0.312 e. The van der Waals surface area contributed by atoms with Crippen molar-refractivity contribution in [1.82, 2.24) is 16.2 Å². The lowest BCUT2D eigenvalue weighted by molar-refractivity contribution is -0.124. The van der Waals surface area contributed by atoms with Gasteiger partial charge in [-0.05, 0) is 24.1 Å². The first kappa shape index (κ1) is 19.1. The molecule has 0 aliphatic rings. The van der Waals surface area contributed by atoms with Crippen molar-refractivity contribution in [1.29, 1.82) is 0 Å². The number of hydrogen-bond donors (Lipinski definition) is 4. The van der Waals surface area contributed by atoms with Gasteiger partial charge in [0.1, 0.15) is 6.04 Å². The van der Waals surface area contributed by atoms with Gasteiger partial charge < -0.3 is 11.1 Å². The number of nitrogens with one attached hydrogen (secondary N) is 3. The minimum absolute atomic E-state index is 0.113. The van der Waals surface area contributed by atoms with Crippen LogP contribution in [0.25, 0.3) is 0 Å². The zero-order chi connectivity index (χ0) is 17.6. The fourth-order valence-corrected chi connectivity index (χ4v) is 2.17. The second kappa shape index (κ2) is 8.59. The summed E-state index contributed by atoms with van der Waals surface area (Å²) in [6, 6.07) is 2.69. The fraction of sp³-hybridized carbons (Fsp3) is 0.357. The van der Waals surface area contributed by atoms with E-state index in [1.165, 1.54) is 18.2 Å². The number of amides is 4. The Kier molecular flexibility index (Phi) is 7.12. The molecule has 23 heavy (non-hydrogen) atoms. The summed E-state index contributed by atoms with van der Waals surface area (Å²) in [6.07, 6.45) is 0.631. The number of carbonyl (C=O) groups is 3. The van der Waals surface area contributed by atoms with Crippen molar-refractivity contribution >= 4 is 41.0 Å². The number of hydrazine groups is 1. The van der Waals surface area contributed by atoms with Crippen molar-refractivity contribution in [2.24, 2.45) is 11.7 Å². The predicted molar refractivity (Wildman–Crippen MR) is 88.0 cm³/mol. The number of nitrogens with two attached hydrogens (primary N) is 1. The maximum absolute atomic E-state index is 12.1. The molecule has 2 atom stereocenters. The molecule has 0 saturated heterocycles. The Labute approximate surface area is 143 Å². The molecule has 1 aromatic carbocycles. The standard InChI is InChI=1S/C14H18Cl2N4O3/c1-3-7(2)11(18-14(17)23)13(22)20-19-12(21)9-6-8(15)4-5-10(9)16/h4-7,11H,3H2,1-2H3,(H,19,21)(H,20,22)(H3,17,18,23). The molecule has 7 nitrogen and oxygen atoms in total. The van der Waals surface area contributed by atoms with Crippen molar-refractivity contribution in [3.63, 3.8) is 0 Å². The molecule has 0 saturated carbocycles. The molecule has 1 aromatic rings. The Balaban J connectivity index is 2.74. The van der Waals surface area contributed by atoms with Crippen molar-refractivity contribution in [3.8, 4) is 0 Å². The van der Waals surface area contributed by atoms with E-state index in [4.69, 9.17) is 28.9 Å². The molecular formula is C14H18Cl2N4O3. The molecule has 0 spiro atoms. The van der Waals surface area contributed by atoms with Crippen molar-refractivity contribution in [2.75, 3.05) is 0 Å². The number of rotatable bonds is 5. The van der Waals surface area contributed by atoms with Crippen LogP contribution in [0, 0.1) is 5.92 Å². The number of carbonyl (C=O) groups excluding carboxylic acids is 3. The van der Waals surface area contributed by atoms with Gasteiger partial charge in [-0.3, -0.25) is 20.4 Å². The summed E-state index contributed by atoms with van der Waals surface area (Å²) in [5, 5.41) is 2.86. The molecule has 126 valence electrons. The summed E-state index contributed by atoms with van der Waals surface area (Å²) >= 11 is 11.7. The van der Waals surface area contributed by atoms with Crippen LogP contribution in [-0.4, -0.2) is 23.9 Å². The number of benzene rings is 1. The summed E-state index contributed by atoms with van der Waals surface area (Å²) in [5.74, 6) is -1.40. The van der Waals surface area contributed by atoms with E-state index in [2.05, 4.69) is 16.2 Å². The van der Waals surface area contributed by atoms with Gasteiger partial charge in [-0.25, -0.2) is 4.79 Å². The first-order valence-corrected chi connectivity index (χ1v) is 7.63. The molecule has 0 bridgehead atoms. The highest BCUT2D eigenvalue weighted by Crippen LogP contribution is 2.20. The quantitative estimate of drug-likeness (QED) is 0.600. The van der Waals surface area contributed by atoms with Crippen molar-refractivity contribution in [2.45, 2.75) is 26.3 Å². The molecule has 0 aliphatic heterocycles. The normalized spacial score (nSPS) is 12.9. The average Bonchev–Trinajstić information content (AvgIpc) is 2.51. The van der Waals surface area contributed by atoms with E-state index >= 15 is 0 Å². The lowest BCUT2D eigenvalue weighted by atomic mass is 9.99. The number of halogens is 2. The van der Waals surface area contributed by atoms with Gasteiger partial charge in [0, 0.05) is 5.02 Å². The van der Waals surface area contributed by atoms with E-state index < -0.39 is 23.9 Å². The average molecular weight is 361 g/mol. The van der Waals surface area contributed by atoms with E-state index in [0.29, 0.717) is 11.4 Å². The van der Waals surface area contributed by atoms with Crippen LogP contribution < -0.4 is 21.9 Å². The van der Waals surface area contributed by atoms with E-state index in [0.717, 1.165) is 0 Å². The van der Waals surface area contributed by atoms with Gasteiger partial charge >= 0.3 is 6.03 Å². The Morgan fingerprint density at radius 3 is 2.43 bits per heavy atom. The molecule has 2 unspecified atom stereocenters. The maximum Gasteiger partial charge on any atom is 0.312 e. The van der Waals surface area contributed by atoms with Gasteiger partial charge in [0.25, 0.3) is 11.8 Å². The molecule has 0 aliphatic carbocycles. The third-order valence-corrected chi connectivity index (χ3v) is 3.83. The number of urea groups is 1. The van der Waals surface area contributed by atoms with Crippen molar-refractivity contribution < 1.29 is 14.4 Å². The molecule has 0 radical (unpaired) electrons. The van der Waals surface area contributed by atoms with Crippen LogP contribution in [0.5, 0.6) is 0 Å². The van der Waals surface area contributed by atoms with Crippen LogP contribution in [0.1, 0.15) is 30.6 Å². The highest BCUT2D eigenvalue weighted by atomic mass is 35.5. The molecule has 0 fully saturated rings. The van der Waals surface area contributed by atoms with Crippen LogP contribution in [-0.2, 0) is 4.79 Å². The zero-order valence-corrected chi connectivity index (χ0v) is 14.2. The SMILES string of the molecule is CCC(C)C(NC(N)=O)C(=O)NNC(=O)c1cc(Cl)ccc1Cl. The highest BCUT2D eigenvalue weighted by Gasteiger charge is 2.25.